The van der Waals surface area contributed by atoms with Crippen molar-refractivity contribution in [3.63, 3.8) is 0 Å². The van der Waals surface area contributed by atoms with Crippen molar-refractivity contribution in [2.45, 2.75) is 5.16 Å². The van der Waals surface area contributed by atoms with Crippen LogP contribution in [0.3, 0.4) is 0 Å². The summed E-state index contributed by atoms with van der Waals surface area (Å²) < 4.78 is 1.89. The molecule has 0 saturated heterocycles. The largest absolute Gasteiger partial charge is 0.277 e. The van der Waals surface area contributed by atoms with Crippen molar-refractivity contribution >= 4 is 11.8 Å². The summed E-state index contributed by atoms with van der Waals surface area (Å²) in [6.45, 7) is 0. The van der Waals surface area contributed by atoms with Crippen molar-refractivity contribution < 1.29 is 0 Å². The van der Waals surface area contributed by atoms with Gasteiger partial charge in [-0.05, 0) is 24.0 Å². The molecule has 204 valence electrons. The van der Waals surface area contributed by atoms with Gasteiger partial charge >= 0.3 is 0 Å². The van der Waals surface area contributed by atoms with E-state index in [0.29, 0.717) is 0 Å². The number of nitrogens with zero attached hydrogens (tertiary/aromatic N) is 5. The van der Waals surface area contributed by atoms with E-state index in [-0.39, 0.29) is 0 Å². The number of hydrogen-bond donors (Lipinski definition) is 1. The van der Waals surface area contributed by atoms with Crippen molar-refractivity contribution in [2.75, 3.05) is 6.26 Å². The molecule has 0 aliphatic heterocycles. The summed E-state index contributed by atoms with van der Waals surface area (Å²) in [6, 6.07) is 46.9. The molecule has 6 nitrogen and oxygen atoms in total. The van der Waals surface area contributed by atoms with E-state index in [1.165, 1.54) is 11.8 Å². The van der Waals surface area contributed by atoms with Gasteiger partial charge in [-0.2, -0.15) is 10.2 Å². The molecule has 7 aromatic rings. The minimum absolute atomic E-state index is 0.730. The van der Waals surface area contributed by atoms with Crippen LogP contribution >= 0.6 is 11.8 Å². The summed E-state index contributed by atoms with van der Waals surface area (Å²) in [6.07, 6.45) is 3.74. The molecule has 7 rings (SSSR count). The fraction of sp³-hybridized carbons (Fsp3) is 0.0286. The van der Waals surface area contributed by atoms with Crippen molar-refractivity contribution in [1.29, 1.82) is 0 Å². The van der Waals surface area contributed by atoms with E-state index in [4.69, 9.17) is 5.10 Å². The first kappa shape index (κ1) is 26.9. The minimum atomic E-state index is 0.730. The molecule has 3 aromatic heterocycles. The molecule has 0 amide bonds. The van der Waals surface area contributed by atoms with E-state index >= 15 is 0 Å². The second-order valence-electron chi connectivity index (χ2n) is 9.36. The maximum absolute atomic E-state index is 4.82. The van der Waals surface area contributed by atoms with Crippen LogP contribution in [0.15, 0.2) is 151 Å². The van der Waals surface area contributed by atoms with E-state index in [1.807, 2.05) is 89.8 Å². The fourth-order valence-corrected chi connectivity index (χ4v) is 4.86. The Hall–Kier alpha value is -5.27. The molecule has 4 aromatic carbocycles. The lowest BCUT2D eigenvalue weighted by atomic mass is 10.1. The number of aromatic amines is 1. The van der Waals surface area contributed by atoms with Crippen LogP contribution in [0.5, 0.6) is 0 Å². The summed E-state index contributed by atoms with van der Waals surface area (Å²) in [7, 11) is 0. The lowest BCUT2D eigenvalue weighted by molar-refractivity contribution is 0.815. The summed E-state index contributed by atoms with van der Waals surface area (Å²) >= 11 is 1.52. The van der Waals surface area contributed by atoms with E-state index in [2.05, 4.69) is 80.8 Å². The van der Waals surface area contributed by atoms with Gasteiger partial charge < -0.3 is 0 Å². The quantitative estimate of drug-likeness (QED) is 0.162. The highest BCUT2D eigenvalue weighted by Gasteiger charge is 2.14. The first-order valence-electron chi connectivity index (χ1n) is 13.5. The smallest absolute Gasteiger partial charge is 0.189 e. The first-order valence-corrected chi connectivity index (χ1v) is 14.8. The molecule has 0 unspecified atom stereocenters. The average Bonchev–Trinajstić information content (AvgIpc) is 3.76. The van der Waals surface area contributed by atoms with Crippen LogP contribution in [0.1, 0.15) is 0 Å². The van der Waals surface area contributed by atoms with Crippen molar-refractivity contribution in [3.05, 3.63) is 146 Å². The Balaban J connectivity index is 0.000000162. The average molecular weight is 565 g/mol. The Labute approximate surface area is 249 Å². The number of benzene rings is 4. The van der Waals surface area contributed by atoms with Crippen molar-refractivity contribution in [2.24, 2.45) is 0 Å². The zero-order chi connectivity index (χ0) is 28.6. The molecule has 0 atom stereocenters. The number of H-pyrrole nitrogens is 1. The van der Waals surface area contributed by atoms with Crippen LogP contribution in [-0.4, -0.2) is 36.2 Å². The molecular weight excluding hydrogens is 536 g/mol. The number of hydrogen-bond acceptors (Lipinski definition) is 5. The monoisotopic (exact) mass is 564 g/mol. The second-order valence-corrected chi connectivity index (χ2v) is 10.1. The highest BCUT2D eigenvalue weighted by Crippen LogP contribution is 2.28. The normalized spacial score (nSPS) is 10.6. The Morgan fingerprint density at radius 3 is 1.74 bits per heavy atom. The predicted molar refractivity (Wildman–Crippen MR) is 171 cm³/mol. The Morgan fingerprint density at radius 2 is 1.14 bits per heavy atom. The maximum atomic E-state index is 4.82. The van der Waals surface area contributed by atoms with E-state index in [1.54, 1.807) is 6.20 Å². The standard InChI is InChI=1S/C20H16N4S.C15H12N2/c1-25-20-21-13-12-19(22-20)24-18(16-10-6-3-7-11-16)14-17(23-24)15-8-4-2-5-9-15;1-3-7-12(8-4-1)14-11-15(17-16-14)13-9-5-2-6-10-13/h2-14H,1H3;1-11H,(H,16,17). The first-order chi connectivity index (χ1) is 20.8. The molecule has 0 saturated carbocycles. The van der Waals surface area contributed by atoms with Crippen LogP contribution in [0.2, 0.25) is 0 Å². The van der Waals surface area contributed by atoms with Crippen LogP contribution in [0, 0.1) is 0 Å². The summed E-state index contributed by atoms with van der Waals surface area (Å²) in [4.78, 5) is 8.87. The molecule has 0 spiro atoms. The lowest BCUT2D eigenvalue weighted by Crippen LogP contribution is -2.03. The molecule has 1 N–H and O–H groups in total. The van der Waals surface area contributed by atoms with Gasteiger partial charge in [0, 0.05) is 29.0 Å². The molecule has 0 aliphatic carbocycles. The SMILES string of the molecule is CSc1nccc(-n2nc(-c3ccccc3)cc2-c2ccccc2)n1.c1ccc(-c2cc(-c3ccccc3)[nH]n2)cc1. The Morgan fingerprint density at radius 1 is 0.595 bits per heavy atom. The number of nitrogens with one attached hydrogen (secondary N) is 1. The zero-order valence-corrected chi connectivity index (χ0v) is 23.8. The zero-order valence-electron chi connectivity index (χ0n) is 23.0. The van der Waals surface area contributed by atoms with Gasteiger partial charge in [0.15, 0.2) is 11.0 Å². The molecule has 0 fully saturated rings. The van der Waals surface area contributed by atoms with Crippen LogP contribution in [0.4, 0.5) is 0 Å². The summed E-state index contributed by atoms with van der Waals surface area (Å²) in [5.41, 5.74) is 8.41. The van der Waals surface area contributed by atoms with Crippen LogP contribution in [0.25, 0.3) is 50.8 Å². The van der Waals surface area contributed by atoms with Gasteiger partial charge in [-0.3, -0.25) is 5.10 Å². The highest BCUT2D eigenvalue weighted by atomic mass is 32.2. The van der Waals surface area contributed by atoms with E-state index in [0.717, 1.165) is 56.0 Å². The number of rotatable bonds is 6. The Kier molecular flexibility index (Phi) is 8.29. The molecule has 3 heterocycles. The van der Waals surface area contributed by atoms with Crippen LogP contribution in [-0.2, 0) is 0 Å². The van der Waals surface area contributed by atoms with Gasteiger partial charge in [0.1, 0.15) is 0 Å². The topological polar surface area (TPSA) is 72.3 Å². The van der Waals surface area contributed by atoms with E-state index in [9.17, 15) is 0 Å². The molecule has 7 heteroatoms. The summed E-state index contributed by atoms with van der Waals surface area (Å²) in [5.74, 6) is 0.764. The number of thioether (sulfide) groups is 1. The third-order valence-electron chi connectivity index (χ3n) is 6.60. The van der Waals surface area contributed by atoms with Gasteiger partial charge in [0.2, 0.25) is 0 Å². The third-order valence-corrected chi connectivity index (χ3v) is 7.16. The Bertz CT molecular complexity index is 1800. The fourth-order valence-electron chi connectivity index (χ4n) is 4.51. The van der Waals surface area contributed by atoms with Crippen molar-refractivity contribution in [1.82, 2.24) is 29.9 Å². The van der Waals surface area contributed by atoms with Gasteiger partial charge in [-0.25, -0.2) is 14.6 Å². The molecule has 0 bridgehead atoms. The van der Waals surface area contributed by atoms with Crippen LogP contribution < -0.4 is 0 Å². The lowest BCUT2D eigenvalue weighted by Gasteiger charge is -2.07. The van der Waals surface area contributed by atoms with Gasteiger partial charge in [-0.15, -0.1) is 0 Å². The molecule has 42 heavy (non-hydrogen) atoms. The van der Waals surface area contributed by atoms with Gasteiger partial charge in [0.05, 0.1) is 22.8 Å². The molecular formula is C35H28N6S. The van der Waals surface area contributed by atoms with Crippen molar-refractivity contribution in [3.8, 4) is 50.8 Å². The second kappa shape index (κ2) is 12.9. The third kappa shape index (κ3) is 6.22. The minimum Gasteiger partial charge on any atom is -0.277 e. The molecule has 0 aliphatic rings. The maximum Gasteiger partial charge on any atom is 0.189 e. The highest BCUT2D eigenvalue weighted by molar-refractivity contribution is 7.98. The number of aromatic nitrogens is 6. The predicted octanol–water partition coefficient (Wildman–Crippen LogP) is 8.46. The van der Waals surface area contributed by atoms with Gasteiger partial charge in [0.25, 0.3) is 0 Å². The van der Waals surface area contributed by atoms with Gasteiger partial charge in [-0.1, -0.05) is 133 Å². The van der Waals surface area contributed by atoms with E-state index < -0.39 is 0 Å². The molecule has 0 radical (unpaired) electrons. The summed E-state index contributed by atoms with van der Waals surface area (Å²) in [5, 5.41) is 13.0.